The van der Waals surface area contributed by atoms with Crippen LogP contribution < -0.4 is 15.4 Å². The van der Waals surface area contributed by atoms with Crippen molar-refractivity contribution >= 4 is 40.0 Å². The van der Waals surface area contributed by atoms with Crippen LogP contribution in [0.4, 0.5) is 0 Å². The van der Waals surface area contributed by atoms with Crippen LogP contribution in [0.25, 0.3) is 0 Å². The molecular formula is C15H27IN4O2S. The number of aliphatic imine (C=N–C) groups is 1. The van der Waals surface area contributed by atoms with Crippen molar-refractivity contribution < 1.29 is 8.42 Å². The van der Waals surface area contributed by atoms with Crippen molar-refractivity contribution in [1.82, 2.24) is 15.4 Å². The number of rotatable bonds is 7. The number of nitrogens with one attached hydrogen (secondary N) is 3. The molecule has 8 heteroatoms. The van der Waals surface area contributed by atoms with Gasteiger partial charge in [-0.15, -0.1) is 24.0 Å². The first-order chi connectivity index (χ1) is 10.4. The summed E-state index contributed by atoms with van der Waals surface area (Å²) in [4.78, 5) is 4.17. The zero-order valence-electron chi connectivity index (χ0n) is 14.1. The lowest BCUT2D eigenvalue weighted by Crippen LogP contribution is -2.41. The Labute approximate surface area is 156 Å². The van der Waals surface area contributed by atoms with Crippen molar-refractivity contribution in [2.24, 2.45) is 4.99 Å². The van der Waals surface area contributed by atoms with Gasteiger partial charge >= 0.3 is 0 Å². The molecule has 0 aliphatic carbocycles. The Morgan fingerprint density at radius 2 is 1.78 bits per heavy atom. The number of hydrogen-bond acceptors (Lipinski definition) is 3. The topological polar surface area (TPSA) is 82.6 Å². The molecular weight excluding hydrogens is 427 g/mol. The van der Waals surface area contributed by atoms with Crippen molar-refractivity contribution in [2.45, 2.75) is 38.6 Å². The largest absolute Gasteiger partial charge is 0.354 e. The molecule has 0 saturated heterocycles. The van der Waals surface area contributed by atoms with E-state index in [1.165, 1.54) is 7.05 Å². The molecule has 0 aliphatic heterocycles. The van der Waals surface area contributed by atoms with Gasteiger partial charge in [-0.1, -0.05) is 31.2 Å². The van der Waals surface area contributed by atoms with Gasteiger partial charge < -0.3 is 10.6 Å². The lowest BCUT2D eigenvalue weighted by molar-refractivity contribution is 0.587. The average molecular weight is 454 g/mol. The quantitative estimate of drug-likeness (QED) is 0.334. The van der Waals surface area contributed by atoms with Crippen LogP contribution in [-0.4, -0.2) is 34.5 Å². The molecule has 1 rings (SSSR count). The number of sulfonamides is 1. The van der Waals surface area contributed by atoms with Crippen molar-refractivity contribution in [3.63, 3.8) is 0 Å². The molecule has 3 N–H and O–H groups in total. The van der Waals surface area contributed by atoms with Gasteiger partial charge in [0.05, 0.1) is 5.75 Å². The van der Waals surface area contributed by atoms with E-state index in [1.54, 1.807) is 7.05 Å². The Morgan fingerprint density at radius 1 is 1.22 bits per heavy atom. The zero-order chi connectivity index (χ0) is 16.6. The molecule has 0 heterocycles. The molecule has 0 radical (unpaired) electrons. The van der Waals surface area contributed by atoms with Gasteiger partial charge in [0.25, 0.3) is 0 Å². The van der Waals surface area contributed by atoms with Gasteiger partial charge in [-0.2, -0.15) is 0 Å². The van der Waals surface area contributed by atoms with Crippen LogP contribution in [0.2, 0.25) is 0 Å². The van der Waals surface area contributed by atoms with Gasteiger partial charge in [0.1, 0.15) is 0 Å². The monoisotopic (exact) mass is 454 g/mol. The van der Waals surface area contributed by atoms with Gasteiger partial charge in [0, 0.05) is 19.6 Å². The molecule has 0 aliphatic rings. The van der Waals surface area contributed by atoms with Crippen molar-refractivity contribution in [2.75, 3.05) is 14.1 Å². The fourth-order valence-corrected chi connectivity index (χ4v) is 2.54. The first kappa shape index (κ1) is 22.1. The molecule has 132 valence electrons. The molecule has 23 heavy (non-hydrogen) atoms. The van der Waals surface area contributed by atoms with Crippen LogP contribution >= 0.6 is 24.0 Å². The van der Waals surface area contributed by atoms with Crippen LogP contribution in [0.15, 0.2) is 29.3 Å². The van der Waals surface area contributed by atoms with Crippen LogP contribution in [-0.2, 0) is 22.3 Å². The molecule has 0 amide bonds. The summed E-state index contributed by atoms with van der Waals surface area (Å²) in [5.41, 5.74) is 1.83. The van der Waals surface area contributed by atoms with Gasteiger partial charge in [-0.3, -0.25) is 4.99 Å². The highest BCUT2D eigenvalue weighted by Gasteiger charge is 2.08. The summed E-state index contributed by atoms with van der Waals surface area (Å²) in [7, 11) is -0.0666. The second-order valence-electron chi connectivity index (χ2n) is 5.16. The van der Waals surface area contributed by atoms with E-state index >= 15 is 0 Å². The molecule has 1 aromatic rings. The van der Waals surface area contributed by atoms with E-state index in [9.17, 15) is 8.42 Å². The molecule has 0 aromatic heterocycles. The molecule has 0 spiro atoms. The maximum atomic E-state index is 11.5. The second-order valence-corrected chi connectivity index (χ2v) is 7.09. The third-order valence-electron chi connectivity index (χ3n) is 3.37. The first-order valence-electron chi connectivity index (χ1n) is 7.36. The highest BCUT2D eigenvalue weighted by atomic mass is 127. The van der Waals surface area contributed by atoms with Crippen LogP contribution in [0, 0.1) is 0 Å². The lowest BCUT2D eigenvalue weighted by Gasteiger charge is -2.16. The minimum Gasteiger partial charge on any atom is -0.354 e. The SMILES string of the molecule is CCC(C)NC(=NC)NCc1ccc(CS(=O)(=O)NC)cc1.I. The third-order valence-corrected chi connectivity index (χ3v) is 4.71. The minimum absolute atomic E-state index is 0. The van der Waals surface area contributed by atoms with Gasteiger partial charge in [0.15, 0.2) is 5.96 Å². The molecule has 0 saturated carbocycles. The Kier molecular flexibility index (Phi) is 10.4. The Morgan fingerprint density at radius 3 is 2.26 bits per heavy atom. The Bertz CT molecular complexity index is 588. The van der Waals surface area contributed by atoms with Crippen molar-refractivity contribution in [3.05, 3.63) is 35.4 Å². The maximum Gasteiger partial charge on any atom is 0.215 e. The predicted molar refractivity (Wildman–Crippen MR) is 107 cm³/mol. The Balaban J connectivity index is 0.00000484. The molecule has 0 bridgehead atoms. The van der Waals surface area contributed by atoms with E-state index in [2.05, 4.69) is 34.2 Å². The van der Waals surface area contributed by atoms with E-state index in [4.69, 9.17) is 0 Å². The summed E-state index contributed by atoms with van der Waals surface area (Å²) >= 11 is 0. The van der Waals surface area contributed by atoms with Crippen LogP contribution in [0.1, 0.15) is 31.4 Å². The first-order valence-corrected chi connectivity index (χ1v) is 9.01. The van der Waals surface area contributed by atoms with Crippen LogP contribution in [0.3, 0.4) is 0 Å². The van der Waals surface area contributed by atoms with E-state index < -0.39 is 10.0 Å². The molecule has 1 atom stereocenters. The molecule has 0 fully saturated rings. The number of nitrogens with zero attached hydrogens (tertiary/aromatic N) is 1. The van der Waals surface area contributed by atoms with Crippen molar-refractivity contribution in [3.8, 4) is 0 Å². The summed E-state index contributed by atoms with van der Waals surface area (Å²) in [6.07, 6.45) is 1.02. The number of halogens is 1. The number of benzene rings is 1. The lowest BCUT2D eigenvalue weighted by atomic mass is 10.1. The normalized spacial score (nSPS) is 13.1. The molecule has 6 nitrogen and oxygen atoms in total. The maximum absolute atomic E-state index is 11.5. The summed E-state index contributed by atoms with van der Waals surface area (Å²) in [5, 5.41) is 6.53. The number of hydrogen-bond donors (Lipinski definition) is 3. The Hall–Kier alpha value is -0.870. The molecule has 1 aromatic carbocycles. The third kappa shape index (κ3) is 8.52. The highest BCUT2D eigenvalue weighted by molar-refractivity contribution is 14.0. The van der Waals surface area contributed by atoms with Gasteiger partial charge in [-0.05, 0) is 31.5 Å². The second kappa shape index (κ2) is 10.8. The summed E-state index contributed by atoms with van der Waals surface area (Å²) in [6, 6.07) is 7.86. The van der Waals surface area contributed by atoms with E-state index in [1.807, 2.05) is 24.3 Å². The predicted octanol–water partition coefficient (Wildman–Crippen LogP) is 1.82. The summed E-state index contributed by atoms with van der Waals surface area (Å²) in [5.74, 6) is 0.755. The molecule has 1 unspecified atom stereocenters. The van der Waals surface area contributed by atoms with E-state index in [0.717, 1.165) is 23.5 Å². The zero-order valence-corrected chi connectivity index (χ0v) is 17.2. The van der Waals surface area contributed by atoms with Crippen LogP contribution in [0.5, 0.6) is 0 Å². The summed E-state index contributed by atoms with van der Waals surface area (Å²) < 4.78 is 25.3. The fourth-order valence-electron chi connectivity index (χ4n) is 1.76. The van der Waals surface area contributed by atoms with E-state index in [-0.39, 0.29) is 29.7 Å². The van der Waals surface area contributed by atoms with E-state index in [0.29, 0.717) is 12.6 Å². The smallest absolute Gasteiger partial charge is 0.215 e. The minimum atomic E-state index is -3.23. The van der Waals surface area contributed by atoms with Gasteiger partial charge in [0.2, 0.25) is 10.0 Å². The highest BCUT2D eigenvalue weighted by Crippen LogP contribution is 2.07. The summed E-state index contributed by atoms with van der Waals surface area (Å²) in [6.45, 7) is 4.85. The van der Waals surface area contributed by atoms with Gasteiger partial charge in [-0.25, -0.2) is 13.1 Å². The fraction of sp³-hybridized carbons (Fsp3) is 0.533. The average Bonchev–Trinajstić information content (AvgIpc) is 2.52. The number of guanidine groups is 1. The standard InChI is InChI=1S/C15H26N4O2S.HI/c1-5-12(2)19-15(16-3)18-10-13-6-8-14(9-7-13)11-22(20,21)17-4;/h6-9,12,17H,5,10-11H2,1-4H3,(H2,16,18,19);1H. The van der Waals surface area contributed by atoms with Crippen molar-refractivity contribution in [1.29, 1.82) is 0 Å².